The lowest BCUT2D eigenvalue weighted by atomic mass is 10.1. The molecule has 3 heteroatoms. The van der Waals surface area contributed by atoms with Crippen molar-refractivity contribution < 1.29 is 5.11 Å². The molecular weight excluding hydrogens is 212 g/mol. The number of nitrogens with zero attached hydrogens (tertiary/aromatic N) is 1. The van der Waals surface area contributed by atoms with Crippen LogP contribution in [0.25, 0.3) is 0 Å². The Morgan fingerprint density at radius 3 is 2.59 bits per heavy atom. The number of hydrogen-bond donors (Lipinski definition) is 2. The number of aromatic nitrogens is 1. The third-order valence-corrected chi connectivity index (χ3v) is 2.70. The largest absolute Gasteiger partial charge is 0.506 e. The van der Waals surface area contributed by atoms with Gasteiger partial charge in [0.25, 0.3) is 0 Å². The Bertz CT molecular complexity index is 453. The zero-order valence-corrected chi connectivity index (χ0v) is 9.80. The van der Waals surface area contributed by atoms with Gasteiger partial charge in [0.15, 0.2) is 0 Å². The lowest BCUT2D eigenvalue weighted by Crippen LogP contribution is -2.18. The fourth-order valence-electron chi connectivity index (χ4n) is 1.64. The normalized spacial score (nSPS) is 12.3. The molecule has 3 nitrogen and oxygen atoms in total. The highest BCUT2D eigenvalue weighted by molar-refractivity contribution is 5.20. The van der Waals surface area contributed by atoms with Gasteiger partial charge >= 0.3 is 0 Å². The summed E-state index contributed by atoms with van der Waals surface area (Å²) in [5.74, 6) is 0.199. The molecule has 0 saturated heterocycles. The van der Waals surface area contributed by atoms with E-state index in [-0.39, 0.29) is 11.8 Å². The molecule has 0 bridgehead atoms. The van der Waals surface area contributed by atoms with E-state index in [1.54, 1.807) is 6.07 Å². The predicted octanol–water partition coefficient (Wildman–Crippen LogP) is 2.64. The lowest BCUT2D eigenvalue weighted by molar-refractivity contribution is 0.471. The van der Waals surface area contributed by atoms with Crippen molar-refractivity contribution in [3.05, 3.63) is 59.9 Å². The van der Waals surface area contributed by atoms with Crippen molar-refractivity contribution >= 4 is 0 Å². The summed E-state index contributed by atoms with van der Waals surface area (Å²) < 4.78 is 0. The van der Waals surface area contributed by atoms with Crippen molar-refractivity contribution in [1.29, 1.82) is 0 Å². The predicted molar refractivity (Wildman–Crippen MR) is 67.6 cm³/mol. The average Bonchev–Trinajstić information content (AvgIpc) is 2.39. The van der Waals surface area contributed by atoms with Crippen LogP contribution in [0.4, 0.5) is 0 Å². The number of nitrogens with one attached hydrogen (secondary N) is 1. The molecule has 0 saturated carbocycles. The zero-order valence-electron chi connectivity index (χ0n) is 9.80. The molecule has 0 amide bonds. The highest BCUT2D eigenvalue weighted by Crippen LogP contribution is 2.12. The monoisotopic (exact) mass is 228 g/mol. The molecule has 1 atom stereocenters. The van der Waals surface area contributed by atoms with E-state index in [1.807, 2.05) is 24.3 Å². The molecule has 1 heterocycles. The fourth-order valence-corrected chi connectivity index (χ4v) is 1.64. The van der Waals surface area contributed by atoms with E-state index in [0.717, 1.165) is 5.69 Å². The SMILES string of the molecule is C[C@@H](NCc1ccc(O)cn1)c1ccccc1. The van der Waals surface area contributed by atoms with Crippen LogP contribution >= 0.6 is 0 Å². The minimum Gasteiger partial charge on any atom is -0.506 e. The summed E-state index contributed by atoms with van der Waals surface area (Å²) in [6, 6.07) is 14.0. The molecule has 0 aliphatic rings. The molecule has 2 aromatic rings. The van der Waals surface area contributed by atoms with Gasteiger partial charge in [-0.3, -0.25) is 4.98 Å². The highest BCUT2D eigenvalue weighted by atomic mass is 16.3. The summed E-state index contributed by atoms with van der Waals surface area (Å²) in [7, 11) is 0. The van der Waals surface area contributed by atoms with Crippen LogP contribution in [0, 0.1) is 0 Å². The lowest BCUT2D eigenvalue weighted by Gasteiger charge is -2.13. The number of pyridine rings is 1. The standard InChI is InChI=1S/C14H16N2O/c1-11(12-5-3-2-4-6-12)15-9-13-7-8-14(17)10-16-13/h2-8,10-11,15,17H,9H2,1H3/t11-/m1/s1. The van der Waals surface area contributed by atoms with E-state index in [1.165, 1.54) is 11.8 Å². The number of benzene rings is 1. The van der Waals surface area contributed by atoms with Crippen LogP contribution in [-0.2, 0) is 6.54 Å². The smallest absolute Gasteiger partial charge is 0.133 e. The van der Waals surface area contributed by atoms with Gasteiger partial charge in [-0.25, -0.2) is 0 Å². The second kappa shape index (κ2) is 5.46. The van der Waals surface area contributed by atoms with Crippen LogP contribution in [-0.4, -0.2) is 10.1 Å². The van der Waals surface area contributed by atoms with Gasteiger partial charge < -0.3 is 10.4 Å². The van der Waals surface area contributed by atoms with Crippen molar-refractivity contribution in [2.24, 2.45) is 0 Å². The third kappa shape index (κ3) is 3.29. The summed E-state index contributed by atoms with van der Waals surface area (Å²) in [4.78, 5) is 4.13. The Labute approximate surface area is 101 Å². The van der Waals surface area contributed by atoms with E-state index in [4.69, 9.17) is 5.11 Å². The maximum atomic E-state index is 9.13. The minimum atomic E-state index is 0.199. The molecule has 0 spiro atoms. The van der Waals surface area contributed by atoms with Crippen molar-refractivity contribution in [1.82, 2.24) is 10.3 Å². The topological polar surface area (TPSA) is 45.1 Å². The van der Waals surface area contributed by atoms with Gasteiger partial charge in [-0.1, -0.05) is 30.3 Å². The molecular formula is C14H16N2O. The van der Waals surface area contributed by atoms with Crippen molar-refractivity contribution in [3.63, 3.8) is 0 Å². The van der Waals surface area contributed by atoms with Crippen LogP contribution in [0.15, 0.2) is 48.7 Å². The molecule has 0 unspecified atom stereocenters. The second-order valence-electron chi connectivity index (χ2n) is 4.02. The van der Waals surface area contributed by atoms with Gasteiger partial charge in [0.05, 0.1) is 11.9 Å². The van der Waals surface area contributed by atoms with E-state index in [0.29, 0.717) is 6.54 Å². The molecule has 1 aromatic carbocycles. The second-order valence-corrected chi connectivity index (χ2v) is 4.02. The number of rotatable bonds is 4. The first-order valence-corrected chi connectivity index (χ1v) is 5.68. The van der Waals surface area contributed by atoms with Crippen LogP contribution in [0.2, 0.25) is 0 Å². The Balaban J connectivity index is 1.92. The molecule has 1 aromatic heterocycles. The summed E-state index contributed by atoms with van der Waals surface area (Å²) in [6.45, 7) is 2.81. The minimum absolute atomic E-state index is 0.199. The molecule has 0 fully saturated rings. The highest BCUT2D eigenvalue weighted by Gasteiger charge is 2.04. The van der Waals surface area contributed by atoms with Crippen LogP contribution < -0.4 is 5.32 Å². The van der Waals surface area contributed by atoms with E-state index in [2.05, 4.69) is 29.4 Å². The van der Waals surface area contributed by atoms with Crippen LogP contribution in [0.5, 0.6) is 5.75 Å². The number of aromatic hydroxyl groups is 1. The summed E-state index contributed by atoms with van der Waals surface area (Å²) in [6.07, 6.45) is 1.46. The summed E-state index contributed by atoms with van der Waals surface area (Å²) >= 11 is 0. The molecule has 0 aliphatic carbocycles. The van der Waals surface area contributed by atoms with Gasteiger partial charge in [0, 0.05) is 12.6 Å². The first-order chi connectivity index (χ1) is 8.25. The maximum absolute atomic E-state index is 9.13. The van der Waals surface area contributed by atoms with Crippen molar-refractivity contribution in [3.8, 4) is 5.75 Å². The van der Waals surface area contributed by atoms with Gasteiger partial charge in [0.1, 0.15) is 5.75 Å². The first-order valence-electron chi connectivity index (χ1n) is 5.68. The quantitative estimate of drug-likeness (QED) is 0.845. The Morgan fingerprint density at radius 1 is 1.18 bits per heavy atom. The molecule has 17 heavy (non-hydrogen) atoms. The fraction of sp³-hybridized carbons (Fsp3) is 0.214. The van der Waals surface area contributed by atoms with Gasteiger partial charge in [-0.2, -0.15) is 0 Å². The van der Waals surface area contributed by atoms with Crippen molar-refractivity contribution in [2.45, 2.75) is 19.5 Å². The average molecular weight is 228 g/mol. The van der Waals surface area contributed by atoms with E-state index in [9.17, 15) is 0 Å². The third-order valence-electron chi connectivity index (χ3n) is 2.70. The molecule has 2 N–H and O–H groups in total. The van der Waals surface area contributed by atoms with Crippen molar-refractivity contribution in [2.75, 3.05) is 0 Å². The maximum Gasteiger partial charge on any atom is 0.133 e. The van der Waals surface area contributed by atoms with Gasteiger partial charge in [0.2, 0.25) is 0 Å². The summed E-state index contributed by atoms with van der Waals surface area (Å²) in [5, 5.41) is 12.5. The van der Waals surface area contributed by atoms with Crippen LogP contribution in [0.3, 0.4) is 0 Å². The van der Waals surface area contributed by atoms with Crippen LogP contribution in [0.1, 0.15) is 24.2 Å². The van der Waals surface area contributed by atoms with Gasteiger partial charge in [-0.05, 0) is 24.6 Å². The Morgan fingerprint density at radius 2 is 1.94 bits per heavy atom. The van der Waals surface area contributed by atoms with E-state index >= 15 is 0 Å². The molecule has 88 valence electrons. The molecule has 0 radical (unpaired) electrons. The van der Waals surface area contributed by atoms with Gasteiger partial charge in [-0.15, -0.1) is 0 Å². The first kappa shape index (κ1) is 11.6. The molecule has 0 aliphatic heterocycles. The summed E-state index contributed by atoms with van der Waals surface area (Å²) in [5.41, 5.74) is 2.18. The number of hydrogen-bond acceptors (Lipinski definition) is 3. The Hall–Kier alpha value is -1.87. The Kier molecular flexibility index (Phi) is 3.73. The van der Waals surface area contributed by atoms with E-state index < -0.39 is 0 Å². The molecule has 2 rings (SSSR count). The zero-order chi connectivity index (χ0) is 12.1.